The van der Waals surface area contributed by atoms with Gasteiger partial charge in [0.15, 0.2) is 0 Å². The van der Waals surface area contributed by atoms with Crippen molar-refractivity contribution in [1.82, 2.24) is 19.9 Å². The molecule has 0 amide bonds. The van der Waals surface area contributed by atoms with Gasteiger partial charge in [-0.15, -0.1) is 0 Å². The molecular weight excluding hydrogens is 266 g/mol. The van der Waals surface area contributed by atoms with Crippen molar-refractivity contribution in [2.24, 2.45) is 0 Å². The molecule has 1 aromatic heterocycles. The molecule has 2 rings (SSSR count). The molecule has 0 aliphatic heterocycles. The van der Waals surface area contributed by atoms with E-state index in [4.69, 9.17) is 5.73 Å². The fourth-order valence-electron chi connectivity index (χ4n) is 2.72. The predicted molar refractivity (Wildman–Crippen MR) is 86.6 cm³/mol. The van der Waals surface area contributed by atoms with Crippen molar-refractivity contribution in [2.75, 3.05) is 49.7 Å². The molecule has 7 heteroatoms. The molecule has 21 heavy (non-hydrogen) atoms. The lowest BCUT2D eigenvalue weighted by atomic mass is 9.75. The Bertz CT molecular complexity index is 466. The third-order valence-electron chi connectivity index (χ3n) is 4.50. The van der Waals surface area contributed by atoms with Crippen molar-refractivity contribution < 1.29 is 0 Å². The van der Waals surface area contributed by atoms with Gasteiger partial charge < -0.3 is 20.9 Å². The predicted octanol–water partition coefficient (Wildman–Crippen LogP) is 1.20. The second kappa shape index (κ2) is 6.43. The quantitative estimate of drug-likeness (QED) is 0.781. The van der Waals surface area contributed by atoms with E-state index in [1.165, 1.54) is 19.3 Å². The molecule has 3 N–H and O–H groups in total. The first kappa shape index (κ1) is 15.8. The van der Waals surface area contributed by atoms with Crippen LogP contribution in [0.25, 0.3) is 0 Å². The Morgan fingerprint density at radius 3 is 2.29 bits per heavy atom. The van der Waals surface area contributed by atoms with Crippen LogP contribution < -0.4 is 16.0 Å². The molecule has 0 unspecified atom stereocenters. The SMILES string of the molecule is CCN(CC)c1nc(N)nc(NCC2(N(C)C)CCC2)n1. The molecule has 1 heterocycles. The minimum absolute atomic E-state index is 0.219. The average molecular weight is 293 g/mol. The van der Waals surface area contributed by atoms with Gasteiger partial charge in [-0.3, -0.25) is 0 Å². The van der Waals surface area contributed by atoms with Gasteiger partial charge in [0.25, 0.3) is 0 Å². The van der Waals surface area contributed by atoms with Gasteiger partial charge in [0.2, 0.25) is 17.8 Å². The number of nitrogens with zero attached hydrogens (tertiary/aromatic N) is 5. The Morgan fingerprint density at radius 2 is 1.81 bits per heavy atom. The number of aromatic nitrogens is 3. The van der Waals surface area contributed by atoms with E-state index >= 15 is 0 Å². The van der Waals surface area contributed by atoms with Gasteiger partial charge in [-0.2, -0.15) is 15.0 Å². The molecule has 7 nitrogen and oxygen atoms in total. The highest BCUT2D eigenvalue weighted by Gasteiger charge is 2.38. The maximum atomic E-state index is 5.81. The average Bonchev–Trinajstić information content (AvgIpc) is 2.38. The van der Waals surface area contributed by atoms with E-state index in [0.717, 1.165) is 19.6 Å². The molecule has 0 radical (unpaired) electrons. The molecule has 0 saturated heterocycles. The van der Waals surface area contributed by atoms with Crippen molar-refractivity contribution in [3.8, 4) is 0 Å². The topological polar surface area (TPSA) is 83.2 Å². The molecule has 0 atom stereocenters. The summed E-state index contributed by atoms with van der Waals surface area (Å²) in [6, 6.07) is 0. The number of nitrogens with one attached hydrogen (secondary N) is 1. The molecular formula is C14H27N7. The van der Waals surface area contributed by atoms with E-state index in [2.05, 4.69) is 58.0 Å². The second-order valence-electron chi connectivity index (χ2n) is 5.82. The van der Waals surface area contributed by atoms with Crippen molar-refractivity contribution in [1.29, 1.82) is 0 Å². The number of nitrogen functional groups attached to an aromatic ring is 1. The van der Waals surface area contributed by atoms with Crippen molar-refractivity contribution in [3.05, 3.63) is 0 Å². The Labute approximate surface area is 127 Å². The number of anilines is 3. The van der Waals surface area contributed by atoms with Crippen LogP contribution in [0.4, 0.5) is 17.8 Å². The number of likely N-dealkylation sites (N-methyl/N-ethyl adjacent to an activating group) is 1. The van der Waals surface area contributed by atoms with E-state index in [1.54, 1.807) is 0 Å². The highest BCUT2D eigenvalue weighted by atomic mass is 15.3. The normalized spacial score (nSPS) is 16.6. The first-order valence-corrected chi connectivity index (χ1v) is 7.68. The van der Waals surface area contributed by atoms with Gasteiger partial charge in [-0.1, -0.05) is 0 Å². The Balaban J connectivity index is 2.09. The van der Waals surface area contributed by atoms with Crippen LogP contribution in [-0.2, 0) is 0 Å². The lowest BCUT2D eigenvalue weighted by Crippen LogP contribution is -2.54. The Kier molecular flexibility index (Phi) is 4.82. The third kappa shape index (κ3) is 3.34. The smallest absolute Gasteiger partial charge is 0.231 e. The number of rotatable bonds is 7. The zero-order valence-corrected chi connectivity index (χ0v) is 13.6. The van der Waals surface area contributed by atoms with Gasteiger partial charge >= 0.3 is 0 Å². The molecule has 0 aromatic carbocycles. The number of hydrogen-bond acceptors (Lipinski definition) is 7. The molecule has 1 saturated carbocycles. The van der Waals surface area contributed by atoms with E-state index < -0.39 is 0 Å². The van der Waals surface area contributed by atoms with E-state index in [0.29, 0.717) is 11.9 Å². The molecule has 1 aliphatic carbocycles. The van der Waals surface area contributed by atoms with Crippen molar-refractivity contribution in [2.45, 2.75) is 38.6 Å². The lowest BCUT2D eigenvalue weighted by Gasteiger charge is -2.47. The summed E-state index contributed by atoms with van der Waals surface area (Å²) in [5, 5.41) is 3.34. The zero-order chi connectivity index (χ0) is 15.5. The largest absolute Gasteiger partial charge is 0.368 e. The number of hydrogen-bond donors (Lipinski definition) is 2. The van der Waals surface area contributed by atoms with Gasteiger partial charge in [0, 0.05) is 25.2 Å². The maximum Gasteiger partial charge on any atom is 0.231 e. The van der Waals surface area contributed by atoms with Crippen LogP contribution in [0.2, 0.25) is 0 Å². The third-order valence-corrected chi connectivity index (χ3v) is 4.50. The van der Waals surface area contributed by atoms with E-state index in [9.17, 15) is 0 Å². The zero-order valence-electron chi connectivity index (χ0n) is 13.6. The van der Waals surface area contributed by atoms with Crippen molar-refractivity contribution >= 4 is 17.8 Å². The fraction of sp³-hybridized carbons (Fsp3) is 0.786. The summed E-state index contributed by atoms with van der Waals surface area (Å²) in [4.78, 5) is 17.3. The highest BCUT2D eigenvalue weighted by molar-refractivity contribution is 5.42. The van der Waals surface area contributed by atoms with Gasteiger partial charge in [-0.25, -0.2) is 0 Å². The molecule has 1 aliphatic rings. The fourth-order valence-corrected chi connectivity index (χ4v) is 2.72. The van der Waals surface area contributed by atoms with Crippen LogP contribution in [0.5, 0.6) is 0 Å². The molecule has 0 bridgehead atoms. The summed E-state index contributed by atoms with van der Waals surface area (Å²) in [6.45, 7) is 6.68. The highest BCUT2D eigenvalue weighted by Crippen LogP contribution is 2.36. The molecule has 118 valence electrons. The van der Waals surface area contributed by atoms with Crippen LogP contribution in [-0.4, -0.2) is 59.1 Å². The van der Waals surface area contributed by atoms with Crippen LogP contribution in [0.1, 0.15) is 33.1 Å². The Hall–Kier alpha value is -1.63. The molecule has 1 aromatic rings. The van der Waals surface area contributed by atoms with Crippen LogP contribution in [0, 0.1) is 0 Å². The maximum absolute atomic E-state index is 5.81. The summed E-state index contributed by atoms with van der Waals surface area (Å²) >= 11 is 0. The summed E-state index contributed by atoms with van der Waals surface area (Å²) in [5.41, 5.74) is 6.03. The van der Waals surface area contributed by atoms with Crippen LogP contribution in [0.15, 0.2) is 0 Å². The minimum atomic E-state index is 0.219. The summed E-state index contributed by atoms with van der Waals surface area (Å²) in [5.74, 6) is 1.47. The second-order valence-corrected chi connectivity index (χ2v) is 5.82. The van der Waals surface area contributed by atoms with Crippen LogP contribution in [0.3, 0.4) is 0 Å². The monoisotopic (exact) mass is 293 g/mol. The van der Waals surface area contributed by atoms with Gasteiger partial charge in [0.05, 0.1) is 0 Å². The van der Waals surface area contributed by atoms with E-state index in [1.807, 2.05) is 0 Å². The minimum Gasteiger partial charge on any atom is -0.368 e. The molecule has 0 spiro atoms. The standard InChI is InChI=1S/C14H27N7/c1-5-21(6-2)13-18-11(15)17-12(19-13)16-10-14(20(3)4)8-7-9-14/h5-10H2,1-4H3,(H3,15,16,17,18,19). The van der Waals surface area contributed by atoms with Gasteiger partial charge in [-0.05, 0) is 47.2 Å². The molecule has 1 fully saturated rings. The lowest BCUT2D eigenvalue weighted by molar-refractivity contribution is 0.0737. The first-order valence-electron chi connectivity index (χ1n) is 7.68. The number of nitrogens with two attached hydrogens (primary N) is 1. The van der Waals surface area contributed by atoms with Crippen molar-refractivity contribution in [3.63, 3.8) is 0 Å². The van der Waals surface area contributed by atoms with E-state index in [-0.39, 0.29) is 11.5 Å². The first-order chi connectivity index (χ1) is 10.0. The Morgan fingerprint density at radius 1 is 1.14 bits per heavy atom. The summed E-state index contributed by atoms with van der Waals surface area (Å²) < 4.78 is 0. The summed E-state index contributed by atoms with van der Waals surface area (Å²) in [7, 11) is 4.26. The van der Waals surface area contributed by atoms with Crippen LogP contribution >= 0.6 is 0 Å². The summed E-state index contributed by atoms with van der Waals surface area (Å²) in [6.07, 6.45) is 3.69. The van der Waals surface area contributed by atoms with Gasteiger partial charge in [0.1, 0.15) is 0 Å².